The maximum absolute atomic E-state index is 2.52. The van der Waals surface area contributed by atoms with E-state index in [9.17, 15) is 0 Å². The summed E-state index contributed by atoms with van der Waals surface area (Å²) >= 11 is 0. The van der Waals surface area contributed by atoms with Crippen LogP contribution in [0.4, 0.5) is 0 Å². The molecule has 0 N–H and O–H groups in total. The van der Waals surface area contributed by atoms with Gasteiger partial charge in [0.25, 0.3) is 0 Å². The molecule has 0 bridgehead atoms. The molecular weight excluding hydrogens is 192 g/mol. The van der Waals surface area contributed by atoms with Crippen LogP contribution in [-0.4, -0.2) is 0 Å². The topological polar surface area (TPSA) is 0 Å². The first-order valence-corrected chi connectivity index (χ1v) is 7.53. The third kappa shape index (κ3) is 10.3. The minimum atomic E-state index is 1.31. The molecule has 0 unspecified atom stereocenters. The maximum Gasteiger partial charge on any atom is -0.0323 e. The van der Waals surface area contributed by atoms with Crippen molar-refractivity contribution in [3.8, 4) is 0 Å². The first-order valence-electron chi connectivity index (χ1n) is 7.53. The maximum atomic E-state index is 2.52. The molecule has 0 heteroatoms. The van der Waals surface area contributed by atoms with Crippen LogP contribution in [0.2, 0.25) is 0 Å². The highest BCUT2D eigenvalue weighted by atomic mass is 14.0. The molecule has 0 aromatic rings. The summed E-state index contributed by atoms with van der Waals surface area (Å²) in [5.41, 5.74) is 1.71. The highest BCUT2D eigenvalue weighted by molar-refractivity contribution is 5.01. The van der Waals surface area contributed by atoms with Crippen molar-refractivity contribution in [2.24, 2.45) is 0 Å². The Morgan fingerprint density at radius 1 is 0.688 bits per heavy atom. The Hall–Kier alpha value is -0.260. The van der Waals surface area contributed by atoms with Crippen molar-refractivity contribution < 1.29 is 0 Å². The lowest BCUT2D eigenvalue weighted by Gasteiger charge is -2.04. The minimum absolute atomic E-state index is 1.31. The molecule has 0 aliphatic carbocycles. The van der Waals surface area contributed by atoms with E-state index >= 15 is 0 Å². The number of rotatable bonds is 11. The molecule has 0 amide bonds. The summed E-state index contributed by atoms with van der Waals surface area (Å²) < 4.78 is 0. The van der Waals surface area contributed by atoms with Crippen LogP contribution < -0.4 is 0 Å². The van der Waals surface area contributed by atoms with E-state index in [-0.39, 0.29) is 0 Å². The summed E-state index contributed by atoms with van der Waals surface area (Å²) in [4.78, 5) is 0. The summed E-state index contributed by atoms with van der Waals surface area (Å²) in [6.07, 6.45) is 17.6. The lowest BCUT2D eigenvalue weighted by atomic mass is 10.0. The molecule has 0 aliphatic rings. The average Bonchev–Trinajstić information content (AvgIpc) is 2.28. The van der Waals surface area contributed by atoms with Crippen LogP contribution in [0.1, 0.15) is 91.4 Å². The molecule has 0 aromatic heterocycles. The summed E-state index contributed by atoms with van der Waals surface area (Å²) in [7, 11) is 0. The van der Waals surface area contributed by atoms with Gasteiger partial charge >= 0.3 is 0 Å². The second kappa shape index (κ2) is 12.8. The molecule has 0 atom stereocenters. The Morgan fingerprint density at radius 3 is 1.81 bits per heavy atom. The average molecular weight is 224 g/mol. The van der Waals surface area contributed by atoms with E-state index in [1.165, 1.54) is 70.6 Å². The summed E-state index contributed by atoms with van der Waals surface area (Å²) in [6, 6.07) is 0. The molecule has 0 spiro atoms. The number of allylic oxidation sites excluding steroid dienone is 2. The molecule has 0 saturated heterocycles. The van der Waals surface area contributed by atoms with Crippen LogP contribution in [0.25, 0.3) is 0 Å². The van der Waals surface area contributed by atoms with Crippen molar-refractivity contribution in [1.29, 1.82) is 0 Å². The number of hydrogen-bond acceptors (Lipinski definition) is 0. The molecule has 0 radical (unpaired) electrons. The fourth-order valence-electron chi connectivity index (χ4n) is 2.20. The van der Waals surface area contributed by atoms with Gasteiger partial charge < -0.3 is 0 Å². The predicted molar refractivity (Wildman–Crippen MR) is 75.9 cm³/mol. The van der Waals surface area contributed by atoms with Crippen molar-refractivity contribution in [3.63, 3.8) is 0 Å². The van der Waals surface area contributed by atoms with E-state index < -0.39 is 0 Å². The highest BCUT2D eigenvalue weighted by Gasteiger charge is 1.94. The molecule has 0 fully saturated rings. The second-order valence-electron chi connectivity index (χ2n) is 4.92. The van der Waals surface area contributed by atoms with Crippen molar-refractivity contribution in [2.45, 2.75) is 91.4 Å². The number of hydrogen-bond donors (Lipinski definition) is 0. The van der Waals surface area contributed by atoms with E-state index in [0.29, 0.717) is 0 Å². The van der Waals surface area contributed by atoms with Crippen LogP contribution in [-0.2, 0) is 0 Å². The second-order valence-corrected chi connectivity index (χ2v) is 4.92. The zero-order valence-electron chi connectivity index (χ0n) is 11.9. The fraction of sp³-hybridized carbons (Fsp3) is 0.875. The molecule has 0 rings (SSSR count). The smallest absolute Gasteiger partial charge is 0.0323 e. The Balaban J connectivity index is 3.46. The quantitative estimate of drug-likeness (QED) is 0.287. The zero-order chi connectivity index (χ0) is 12.1. The van der Waals surface area contributed by atoms with Crippen LogP contribution in [0, 0.1) is 0 Å². The fourth-order valence-corrected chi connectivity index (χ4v) is 2.20. The normalized spacial score (nSPS) is 10.4. The largest absolute Gasteiger partial charge is 0.0853 e. The third-order valence-electron chi connectivity index (χ3n) is 3.13. The first-order chi connectivity index (χ1) is 7.85. The van der Waals surface area contributed by atoms with Gasteiger partial charge in [-0.05, 0) is 25.7 Å². The molecule has 16 heavy (non-hydrogen) atoms. The predicted octanol–water partition coefficient (Wildman–Crippen LogP) is 6.26. The Kier molecular flexibility index (Phi) is 12.6. The van der Waals surface area contributed by atoms with Gasteiger partial charge in [-0.1, -0.05) is 77.4 Å². The Morgan fingerprint density at radius 2 is 1.25 bits per heavy atom. The van der Waals surface area contributed by atoms with Crippen molar-refractivity contribution in [1.82, 2.24) is 0 Å². The summed E-state index contributed by atoms with van der Waals surface area (Å²) in [5.74, 6) is 0. The van der Waals surface area contributed by atoms with E-state index in [4.69, 9.17) is 0 Å². The van der Waals surface area contributed by atoms with E-state index in [1.807, 2.05) is 0 Å². The van der Waals surface area contributed by atoms with Crippen molar-refractivity contribution >= 4 is 0 Å². The Labute approximate surface area is 104 Å². The molecule has 0 aromatic carbocycles. The van der Waals surface area contributed by atoms with E-state index in [0.717, 1.165) is 0 Å². The van der Waals surface area contributed by atoms with Gasteiger partial charge in [0.05, 0.1) is 0 Å². The highest BCUT2D eigenvalue weighted by Crippen LogP contribution is 2.15. The van der Waals surface area contributed by atoms with Crippen LogP contribution in [0.15, 0.2) is 11.6 Å². The number of unbranched alkanes of at least 4 members (excludes halogenated alkanes) is 6. The van der Waals surface area contributed by atoms with Crippen molar-refractivity contribution in [3.05, 3.63) is 11.6 Å². The molecule has 0 saturated carbocycles. The van der Waals surface area contributed by atoms with Gasteiger partial charge in [-0.25, -0.2) is 0 Å². The van der Waals surface area contributed by atoms with E-state index in [1.54, 1.807) is 5.57 Å². The lowest BCUT2D eigenvalue weighted by Crippen LogP contribution is -1.84. The lowest BCUT2D eigenvalue weighted by molar-refractivity contribution is 0.609. The van der Waals surface area contributed by atoms with Gasteiger partial charge in [-0.15, -0.1) is 0 Å². The van der Waals surface area contributed by atoms with Crippen LogP contribution >= 0.6 is 0 Å². The van der Waals surface area contributed by atoms with Gasteiger partial charge in [-0.3, -0.25) is 0 Å². The molecular formula is C16H32. The van der Waals surface area contributed by atoms with Crippen LogP contribution in [0.3, 0.4) is 0 Å². The van der Waals surface area contributed by atoms with Gasteiger partial charge in [-0.2, -0.15) is 0 Å². The van der Waals surface area contributed by atoms with Gasteiger partial charge in [0.1, 0.15) is 0 Å². The molecule has 0 heterocycles. The monoisotopic (exact) mass is 224 g/mol. The van der Waals surface area contributed by atoms with E-state index in [2.05, 4.69) is 26.8 Å². The first kappa shape index (κ1) is 15.7. The molecule has 0 aliphatic heterocycles. The summed E-state index contributed by atoms with van der Waals surface area (Å²) in [6.45, 7) is 6.85. The van der Waals surface area contributed by atoms with Crippen molar-refractivity contribution in [2.75, 3.05) is 0 Å². The van der Waals surface area contributed by atoms with Gasteiger partial charge in [0, 0.05) is 0 Å². The standard InChI is InChI=1S/C16H32/c1-4-7-8-9-10-11-12-15-16(13-5-2)14-6-3/h15H,4-14H2,1-3H3. The van der Waals surface area contributed by atoms with Crippen LogP contribution in [0.5, 0.6) is 0 Å². The molecule has 96 valence electrons. The minimum Gasteiger partial charge on any atom is -0.0853 e. The zero-order valence-corrected chi connectivity index (χ0v) is 11.9. The Bertz CT molecular complexity index is 147. The van der Waals surface area contributed by atoms with Gasteiger partial charge in [0.2, 0.25) is 0 Å². The molecule has 0 nitrogen and oxygen atoms in total. The summed E-state index contributed by atoms with van der Waals surface area (Å²) in [5, 5.41) is 0. The van der Waals surface area contributed by atoms with Gasteiger partial charge in [0.15, 0.2) is 0 Å². The SMILES string of the molecule is CCCCCCCCC=C(CCC)CCC. The third-order valence-corrected chi connectivity index (χ3v) is 3.13.